The maximum Gasteiger partial charge on any atom is 0.416 e. The fourth-order valence-corrected chi connectivity index (χ4v) is 2.91. The highest BCUT2D eigenvalue weighted by Crippen LogP contribution is 2.34. The predicted molar refractivity (Wildman–Crippen MR) is 74.2 cm³/mol. The number of fused-ring (bicyclic) bond motifs is 1. The molecule has 2 atom stereocenters. The zero-order valence-electron chi connectivity index (χ0n) is 11.2. The van der Waals surface area contributed by atoms with Gasteiger partial charge in [0.15, 0.2) is 6.10 Å². The first kappa shape index (κ1) is 14.1. The fourth-order valence-electron chi connectivity index (χ4n) is 2.91. The third-order valence-corrected chi connectivity index (χ3v) is 3.95. The molecule has 0 unspecified atom stereocenters. The van der Waals surface area contributed by atoms with Gasteiger partial charge in [-0.1, -0.05) is 6.07 Å². The van der Waals surface area contributed by atoms with Crippen LogP contribution in [0.4, 0.5) is 18.9 Å². The van der Waals surface area contributed by atoms with Gasteiger partial charge in [-0.2, -0.15) is 13.2 Å². The first-order chi connectivity index (χ1) is 9.97. The van der Waals surface area contributed by atoms with Crippen LogP contribution < -0.4 is 4.90 Å². The minimum atomic E-state index is -4.59. The lowest BCUT2D eigenvalue weighted by atomic mass is 10.1. The quantitative estimate of drug-likeness (QED) is 0.925. The van der Waals surface area contributed by atoms with Crippen molar-refractivity contribution in [3.8, 4) is 0 Å². The second kappa shape index (κ2) is 5.18. The van der Waals surface area contributed by atoms with E-state index in [1.807, 2.05) is 18.2 Å². The Kier molecular flexibility index (Phi) is 3.49. The molecule has 1 aliphatic rings. The highest BCUT2D eigenvalue weighted by molar-refractivity contribution is 5.85. The van der Waals surface area contributed by atoms with E-state index in [0.717, 1.165) is 10.8 Å². The third-order valence-electron chi connectivity index (χ3n) is 3.95. The molecule has 2 heterocycles. The van der Waals surface area contributed by atoms with E-state index in [1.54, 1.807) is 23.4 Å². The highest BCUT2D eigenvalue weighted by atomic mass is 19.4. The fraction of sp³-hybridized carbons (Fsp3) is 0.400. The molecule has 3 nitrogen and oxygen atoms in total. The normalized spacial score (nSPS) is 21.0. The molecule has 0 spiro atoms. The van der Waals surface area contributed by atoms with Gasteiger partial charge in [-0.15, -0.1) is 0 Å². The third kappa shape index (κ3) is 2.68. The number of rotatable bonds is 2. The molecule has 21 heavy (non-hydrogen) atoms. The number of pyridine rings is 1. The number of halogens is 3. The Labute approximate surface area is 120 Å². The summed E-state index contributed by atoms with van der Waals surface area (Å²) in [5.74, 6) is 0. The van der Waals surface area contributed by atoms with Gasteiger partial charge in [0.2, 0.25) is 0 Å². The molecule has 2 aromatic rings. The molecule has 0 aliphatic carbocycles. The van der Waals surface area contributed by atoms with Crippen molar-refractivity contribution in [1.82, 2.24) is 4.98 Å². The number of hydrogen-bond acceptors (Lipinski definition) is 3. The second-order valence-electron chi connectivity index (χ2n) is 5.30. The molecule has 1 aromatic heterocycles. The average molecular weight is 296 g/mol. The lowest BCUT2D eigenvalue weighted by Crippen LogP contribution is -2.47. The van der Waals surface area contributed by atoms with Gasteiger partial charge in [-0.05, 0) is 36.4 Å². The number of benzene rings is 1. The zero-order chi connectivity index (χ0) is 15.0. The average Bonchev–Trinajstić information content (AvgIpc) is 2.94. The topological polar surface area (TPSA) is 36.4 Å². The predicted octanol–water partition coefficient (Wildman–Crippen LogP) is 3.13. The van der Waals surface area contributed by atoms with Gasteiger partial charge in [0.25, 0.3) is 0 Å². The van der Waals surface area contributed by atoms with E-state index < -0.39 is 18.3 Å². The van der Waals surface area contributed by atoms with Crippen LogP contribution in [0.15, 0.2) is 36.7 Å². The summed E-state index contributed by atoms with van der Waals surface area (Å²) < 4.78 is 38.3. The summed E-state index contributed by atoms with van der Waals surface area (Å²) in [4.78, 5) is 5.66. The minimum absolute atomic E-state index is 0.342. The molecule has 1 N–H and O–H groups in total. The molecule has 1 aromatic carbocycles. The number of aliphatic hydroxyl groups excluding tert-OH is 1. The largest absolute Gasteiger partial charge is 0.416 e. The minimum Gasteiger partial charge on any atom is -0.382 e. The standard InChI is InChI=1S/C15H15F3N2O/c16-15(17,18)14(21)13-2-1-7-20(13)12-4-3-11-9-19-6-5-10(11)8-12/h3-6,8-9,13-14,21H,1-2,7H2/t13-,14-/m0/s1. The molecule has 0 saturated carbocycles. The van der Waals surface area contributed by atoms with E-state index in [4.69, 9.17) is 0 Å². The number of anilines is 1. The number of alkyl halides is 3. The summed E-state index contributed by atoms with van der Waals surface area (Å²) >= 11 is 0. The van der Waals surface area contributed by atoms with Gasteiger partial charge in [-0.25, -0.2) is 0 Å². The molecular weight excluding hydrogens is 281 g/mol. The summed E-state index contributed by atoms with van der Waals surface area (Å²) in [6, 6.07) is 6.38. The van der Waals surface area contributed by atoms with Crippen LogP contribution in [0, 0.1) is 0 Å². The van der Waals surface area contributed by atoms with Crippen LogP contribution in [0.25, 0.3) is 10.8 Å². The van der Waals surface area contributed by atoms with Gasteiger partial charge in [0.1, 0.15) is 0 Å². The number of aliphatic hydroxyl groups is 1. The van der Waals surface area contributed by atoms with E-state index in [9.17, 15) is 18.3 Å². The van der Waals surface area contributed by atoms with Gasteiger partial charge in [0, 0.05) is 30.0 Å². The Morgan fingerprint density at radius 3 is 2.81 bits per heavy atom. The van der Waals surface area contributed by atoms with Gasteiger partial charge < -0.3 is 10.0 Å². The molecule has 1 saturated heterocycles. The van der Waals surface area contributed by atoms with Crippen molar-refractivity contribution in [2.24, 2.45) is 0 Å². The molecule has 1 aliphatic heterocycles. The Balaban J connectivity index is 1.93. The molecule has 1 fully saturated rings. The first-order valence-electron chi connectivity index (χ1n) is 6.82. The number of aromatic nitrogens is 1. The van der Waals surface area contributed by atoms with Crippen LogP contribution in [0.3, 0.4) is 0 Å². The van der Waals surface area contributed by atoms with Crippen LogP contribution in [0.1, 0.15) is 12.8 Å². The van der Waals surface area contributed by atoms with Crippen LogP contribution in [-0.4, -0.2) is 35.0 Å². The van der Waals surface area contributed by atoms with Gasteiger partial charge >= 0.3 is 6.18 Å². The summed E-state index contributed by atoms with van der Waals surface area (Å²) in [6.45, 7) is 0.522. The van der Waals surface area contributed by atoms with Crippen LogP contribution in [-0.2, 0) is 0 Å². The highest BCUT2D eigenvalue weighted by Gasteiger charge is 2.47. The van der Waals surface area contributed by atoms with Crippen molar-refractivity contribution in [2.45, 2.75) is 31.2 Å². The molecule has 6 heteroatoms. The molecule has 3 rings (SSSR count). The molecule has 0 bridgehead atoms. The molecule has 0 amide bonds. The van der Waals surface area contributed by atoms with Crippen LogP contribution in [0.2, 0.25) is 0 Å². The van der Waals surface area contributed by atoms with E-state index in [0.29, 0.717) is 25.1 Å². The van der Waals surface area contributed by atoms with Crippen molar-refractivity contribution in [2.75, 3.05) is 11.4 Å². The summed E-state index contributed by atoms with van der Waals surface area (Å²) in [5.41, 5.74) is 0.708. The van der Waals surface area contributed by atoms with E-state index in [2.05, 4.69) is 4.98 Å². The molecule has 112 valence electrons. The Hall–Kier alpha value is -1.82. The summed E-state index contributed by atoms with van der Waals surface area (Å²) in [7, 11) is 0. The van der Waals surface area contributed by atoms with E-state index >= 15 is 0 Å². The van der Waals surface area contributed by atoms with Gasteiger partial charge in [-0.3, -0.25) is 4.98 Å². The lowest BCUT2D eigenvalue weighted by Gasteiger charge is -2.31. The van der Waals surface area contributed by atoms with Crippen molar-refractivity contribution < 1.29 is 18.3 Å². The number of nitrogens with zero attached hydrogens (tertiary/aromatic N) is 2. The van der Waals surface area contributed by atoms with Crippen molar-refractivity contribution in [1.29, 1.82) is 0 Å². The zero-order valence-corrected chi connectivity index (χ0v) is 11.2. The van der Waals surface area contributed by atoms with Crippen LogP contribution in [0.5, 0.6) is 0 Å². The summed E-state index contributed by atoms with van der Waals surface area (Å²) in [5, 5.41) is 11.4. The van der Waals surface area contributed by atoms with E-state index in [-0.39, 0.29) is 0 Å². The Bertz CT molecular complexity index is 644. The van der Waals surface area contributed by atoms with E-state index in [1.165, 1.54) is 0 Å². The Morgan fingerprint density at radius 1 is 1.24 bits per heavy atom. The van der Waals surface area contributed by atoms with Gasteiger partial charge in [0.05, 0.1) is 6.04 Å². The smallest absolute Gasteiger partial charge is 0.382 e. The van der Waals surface area contributed by atoms with Crippen molar-refractivity contribution in [3.63, 3.8) is 0 Å². The monoisotopic (exact) mass is 296 g/mol. The summed E-state index contributed by atoms with van der Waals surface area (Å²) in [6.07, 6.45) is -2.55. The molecular formula is C15H15F3N2O. The Morgan fingerprint density at radius 2 is 2.05 bits per heavy atom. The maximum absolute atomic E-state index is 12.8. The van der Waals surface area contributed by atoms with Crippen molar-refractivity contribution >= 4 is 16.5 Å². The van der Waals surface area contributed by atoms with Crippen molar-refractivity contribution in [3.05, 3.63) is 36.7 Å². The number of hydrogen-bond donors (Lipinski definition) is 1. The second-order valence-corrected chi connectivity index (χ2v) is 5.30. The maximum atomic E-state index is 12.8. The molecule has 0 radical (unpaired) electrons. The lowest BCUT2D eigenvalue weighted by molar-refractivity contribution is -0.209. The van der Waals surface area contributed by atoms with Crippen LogP contribution >= 0.6 is 0 Å². The SMILES string of the molecule is O[C@@H]([C@@H]1CCCN1c1ccc2cnccc2c1)C(F)(F)F. The first-order valence-corrected chi connectivity index (χ1v) is 6.82.